The first-order chi connectivity index (χ1) is 18.4. The molecule has 0 aliphatic rings. The second kappa shape index (κ2) is 17.4. The van der Waals surface area contributed by atoms with Crippen molar-refractivity contribution in [2.45, 2.75) is 39.5 Å². The van der Waals surface area contributed by atoms with E-state index < -0.39 is 0 Å². The van der Waals surface area contributed by atoms with Crippen LogP contribution in [0.1, 0.15) is 50.7 Å². The molecule has 0 aliphatic heterocycles. The maximum atomic E-state index is 5.43. The van der Waals surface area contributed by atoms with E-state index in [0.717, 1.165) is 56.4 Å². The fraction of sp³-hybridized carbons (Fsp3) is 0.176. The summed E-state index contributed by atoms with van der Waals surface area (Å²) in [5.74, 6) is 0. The van der Waals surface area contributed by atoms with Crippen LogP contribution in [0.3, 0.4) is 0 Å². The van der Waals surface area contributed by atoms with Gasteiger partial charge in [-0.1, -0.05) is 149 Å². The van der Waals surface area contributed by atoms with Crippen molar-refractivity contribution in [3.05, 3.63) is 130 Å². The van der Waals surface area contributed by atoms with Crippen molar-refractivity contribution >= 4 is 60.3 Å². The average Bonchev–Trinajstić information content (AvgIpc) is 2.98. The largest absolute Gasteiger partial charge is 0.785 e. The SMILES string of the molecule is CCC/C([S-])=C(/[S-])c1ccc(-c2ccccc2)cc1.CCC/C([S-])=C(/[S-])c1ccc(-c2ccccc2)cc1.[Ni]. The number of hydrogen-bond donors (Lipinski definition) is 0. The normalized spacial score (nSPS) is 11.7. The third-order valence-corrected chi connectivity index (χ3v) is 8.01. The molecule has 0 aromatic heterocycles. The summed E-state index contributed by atoms with van der Waals surface area (Å²) in [5, 5.41) is 0. The summed E-state index contributed by atoms with van der Waals surface area (Å²) in [6.07, 6.45) is 3.88. The van der Waals surface area contributed by atoms with Gasteiger partial charge in [-0.15, -0.1) is 0 Å². The Morgan fingerprint density at radius 3 is 1.00 bits per heavy atom. The molecule has 0 radical (unpaired) electrons. The molecular formula is C34H32NiS4-4. The number of rotatable bonds is 8. The summed E-state index contributed by atoms with van der Waals surface area (Å²) in [6.45, 7) is 4.24. The number of benzene rings is 4. The topological polar surface area (TPSA) is 0 Å². The third-order valence-electron chi connectivity index (χ3n) is 5.97. The maximum absolute atomic E-state index is 5.43. The van der Waals surface area contributed by atoms with Crippen LogP contribution in [0.15, 0.2) is 119 Å². The molecule has 206 valence electrons. The van der Waals surface area contributed by atoms with E-state index in [1.165, 1.54) is 22.3 Å². The van der Waals surface area contributed by atoms with E-state index in [0.29, 0.717) is 0 Å². The Hall–Kier alpha value is -2.27. The van der Waals surface area contributed by atoms with Crippen molar-refractivity contribution in [2.24, 2.45) is 0 Å². The van der Waals surface area contributed by atoms with Crippen LogP contribution in [0, 0.1) is 0 Å². The molecule has 0 aliphatic carbocycles. The van der Waals surface area contributed by atoms with Crippen LogP contribution in [0.5, 0.6) is 0 Å². The molecule has 0 heterocycles. The van der Waals surface area contributed by atoms with E-state index in [9.17, 15) is 0 Å². The van der Waals surface area contributed by atoms with Gasteiger partial charge in [0.1, 0.15) is 0 Å². The van der Waals surface area contributed by atoms with Crippen molar-refractivity contribution in [3.63, 3.8) is 0 Å². The minimum absolute atomic E-state index is 0. The molecule has 0 saturated heterocycles. The molecule has 0 atom stereocenters. The molecule has 0 saturated carbocycles. The van der Waals surface area contributed by atoms with Crippen molar-refractivity contribution in [3.8, 4) is 22.3 Å². The van der Waals surface area contributed by atoms with E-state index in [1.54, 1.807) is 0 Å². The fourth-order valence-corrected chi connectivity index (χ4v) is 5.01. The number of hydrogen-bond acceptors (Lipinski definition) is 4. The van der Waals surface area contributed by atoms with Gasteiger partial charge in [0.05, 0.1) is 0 Å². The Morgan fingerprint density at radius 2 is 0.718 bits per heavy atom. The Balaban J connectivity index is 0.000000267. The monoisotopic (exact) mass is 626 g/mol. The van der Waals surface area contributed by atoms with Crippen LogP contribution in [-0.4, -0.2) is 0 Å². The minimum Gasteiger partial charge on any atom is -0.785 e. The van der Waals surface area contributed by atoms with Crippen molar-refractivity contribution < 1.29 is 16.5 Å². The average molecular weight is 628 g/mol. The first kappa shape index (κ1) is 32.9. The van der Waals surface area contributed by atoms with Crippen molar-refractivity contribution in [1.82, 2.24) is 0 Å². The Morgan fingerprint density at radius 1 is 0.436 bits per heavy atom. The van der Waals surface area contributed by atoms with Gasteiger partial charge in [0.2, 0.25) is 0 Å². The molecular weight excluding hydrogens is 595 g/mol. The van der Waals surface area contributed by atoms with Crippen molar-refractivity contribution in [2.75, 3.05) is 0 Å². The zero-order valence-corrected chi connectivity index (χ0v) is 26.4. The molecule has 39 heavy (non-hydrogen) atoms. The van der Waals surface area contributed by atoms with Gasteiger partial charge >= 0.3 is 0 Å². The first-order valence-corrected chi connectivity index (χ1v) is 14.5. The summed E-state index contributed by atoms with van der Waals surface area (Å²) < 4.78 is 0. The Kier molecular flexibility index (Phi) is 14.7. The van der Waals surface area contributed by atoms with Crippen LogP contribution in [0.2, 0.25) is 0 Å². The van der Waals surface area contributed by atoms with Crippen LogP contribution < -0.4 is 0 Å². The van der Waals surface area contributed by atoms with E-state index in [2.05, 4.69) is 86.6 Å². The summed E-state index contributed by atoms with van der Waals surface area (Å²) in [7, 11) is 0. The van der Waals surface area contributed by atoms with Gasteiger partial charge in [-0.25, -0.2) is 9.81 Å². The third kappa shape index (κ3) is 10.0. The first-order valence-electron chi connectivity index (χ1n) is 12.9. The summed E-state index contributed by atoms with van der Waals surface area (Å²) >= 11 is 21.5. The van der Waals surface area contributed by atoms with Crippen LogP contribution in [-0.2, 0) is 67.0 Å². The smallest absolute Gasteiger partial charge is 0 e. The predicted octanol–water partition coefficient (Wildman–Crippen LogP) is 9.83. The molecule has 4 aromatic rings. The summed E-state index contributed by atoms with van der Waals surface area (Å²) in [4.78, 5) is 3.42. The Bertz CT molecular complexity index is 1220. The molecule has 4 rings (SSSR count). The van der Waals surface area contributed by atoms with Gasteiger partial charge in [-0.05, 0) is 33.4 Å². The van der Waals surface area contributed by atoms with Gasteiger partial charge < -0.3 is 50.5 Å². The molecule has 5 heteroatoms. The van der Waals surface area contributed by atoms with E-state index in [4.69, 9.17) is 50.5 Å². The zero-order chi connectivity index (χ0) is 27.3. The van der Waals surface area contributed by atoms with Crippen LogP contribution >= 0.6 is 0 Å². The summed E-state index contributed by atoms with van der Waals surface area (Å²) in [6, 6.07) is 37.3. The van der Waals surface area contributed by atoms with Crippen molar-refractivity contribution in [1.29, 1.82) is 0 Å². The summed E-state index contributed by atoms with van der Waals surface area (Å²) in [5.41, 5.74) is 6.94. The van der Waals surface area contributed by atoms with E-state index in [1.807, 2.05) is 36.4 Å². The van der Waals surface area contributed by atoms with Gasteiger partial charge in [-0.3, -0.25) is 0 Å². The van der Waals surface area contributed by atoms with E-state index in [-0.39, 0.29) is 16.5 Å². The predicted molar refractivity (Wildman–Crippen MR) is 177 cm³/mol. The van der Waals surface area contributed by atoms with Gasteiger partial charge in [0, 0.05) is 16.5 Å². The second-order valence-electron chi connectivity index (χ2n) is 8.89. The van der Waals surface area contributed by atoms with Crippen LogP contribution in [0.4, 0.5) is 0 Å². The number of allylic oxidation sites excluding steroid dienone is 2. The van der Waals surface area contributed by atoms with Gasteiger partial charge in [0.25, 0.3) is 0 Å². The van der Waals surface area contributed by atoms with Gasteiger partial charge in [-0.2, -0.15) is 9.81 Å². The van der Waals surface area contributed by atoms with Gasteiger partial charge in [0.15, 0.2) is 0 Å². The zero-order valence-electron chi connectivity index (χ0n) is 22.2. The standard InChI is InChI=1S/2C17H18S2.Ni/c2*1-2-6-16(18)17(19)15-11-9-14(10-12-15)13-7-4-3-5-8-13;/h2*3-5,7-12,18-19H,2,6H2,1H3;/p-4/b2*17-16-;. The molecule has 0 fully saturated rings. The second-order valence-corrected chi connectivity index (χ2v) is 10.7. The Labute approximate surface area is 267 Å². The minimum atomic E-state index is 0. The van der Waals surface area contributed by atoms with Crippen LogP contribution in [0.25, 0.3) is 32.1 Å². The molecule has 0 N–H and O–H groups in total. The van der Waals surface area contributed by atoms with E-state index >= 15 is 0 Å². The molecule has 0 spiro atoms. The molecule has 0 unspecified atom stereocenters. The molecule has 0 amide bonds. The maximum Gasteiger partial charge on any atom is 0 e. The molecule has 4 aromatic carbocycles. The quantitative estimate of drug-likeness (QED) is 0.141. The fourth-order valence-electron chi connectivity index (χ4n) is 3.89. The molecule has 0 nitrogen and oxygen atoms in total. The molecule has 0 bridgehead atoms.